The molecule has 3 amide bonds. The van der Waals surface area contributed by atoms with Gasteiger partial charge in [-0.15, -0.1) is 0 Å². The Balaban J connectivity index is 1.89. The summed E-state index contributed by atoms with van der Waals surface area (Å²) in [5.74, 6) is -0.490. The van der Waals surface area contributed by atoms with Crippen LogP contribution in [0.1, 0.15) is 19.4 Å². The number of hydrogen-bond acceptors (Lipinski definition) is 6. The number of urea groups is 1. The van der Waals surface area contributed by atoms with Crippen molar-refractivity contribution >= 4 is 33.3 Å². The van der Waals surface area contributed by atoms with Crippen molar-refractivity contribution in [2.75, 3.05) is 43.0 Å². The quantitative estimate of drug-likeness (QED) is 0.499. The zero-order chi connectivity index (χ0) is 27.3. The van der Waals surface area contributed by atoms with Gasteiger partial charge in [0, 0.05) is 36.4 Å². The maximum atomic E-state index is 13.2. The van der Waals surface area contributed by atoms with Crippen molar-refractivity contribution in [1.82, 2.24) is 9.80 Å². The van der Waals surface area contributed by atoms with Crippen LogP contribution in [0.2, 0.25) is 0 Å². The molecule has 3 rings (SSSR count). The third-order valence-corrected chi connectivity index (χ3v) is 6.72. The first-order valence-electron chi connectivity index (χ1n) is 11.8. The number of rotatable bonds is 7. The SMILES string of the molecule is C[C@@H]1CN([C@H](C)CO)C(=O)Cc2cc(NS(C)(=O)=O)ccc2O[C@H]1CN(C)C(=O)Nc1ccc(F)cc1. The highest BCUT2D eigenvalue weighted by atomic mass is 32.2. The van der Waals surface area contributed by atoms with Gasteiger partial charge in [0.25, 0.3) is 0 Å². The molecule has 0 bridgehead atoms. The van der Waals surface area contributed by atoms with E-state index in [1.54, 1.807) is 37.1 Å². The fraction of sp³-hybridized carbons (Fsp3) is 0.440. The average molecular weight is 537 g/mol. The highest BCUT2D eigenvalue weighted by Gasteiger charge is 2.32. The Labute approximate surface area is 216 Å². The third kappa shape index (κ3) is 7.80. The lowest BCUT2D eigenvalue weighted by molar-refractivity contribution is -0.134. The van der Waals surface area contributed by atoms with Crippen LogP contribution in [0.4, 0.5) is 20.6 Å². The number of hydrogen-bond donors (Lipinski definition) is 3. The molecule has 1 heterocycles. The molecule has 0 spiro atoms. The number of fused-ring (bicyclic) bond motifs is 1. The second kappa shape index (κ2) is 11.8. The van der Waals surface area contributed by atoms with Gasteiger partial charge < -0.3 is 25.0 Å². The molecule has 0 aliphatic carbocycles. The molecule has 202 valence electrons. The predicted molar refractivity (Wildman–Crippen MR) is 139 cm³/mol. The minimum atomic E-state index is -3.53. The van der Waals surface area contributed by atoms with E-state index in [9.17, 15) is 27.5 Å². The maximum absolute atomic E-state index is 13.2. The van der Waals surface area contributed by atoms with E-state index in [0.29, 0.717) is 22.7 Å². The van der Waals surface area contributed by atoms with Crippen LogP contribution in [0.3, 0.4) is 0 Å². The van der Waals surface area contributed by atoms with Crippen LogP contribution in [0.5, 0.6) is 5.75 Å². The monoisotopic (exact) mass is 536 g/mol. The van der Waals surface area contributed by atoms with E-state index in [-0.39, 0.29) is 37.9 Å². The summed E-state index contributed by atoms with van der Waals surface area (Å²) in [7, 11) is -1.94. The molecule has 0 saturated carbocycles. The Hall–Kier alpha value is -3.38. The van der Waals surface area contributed by atoms with E-state index in [1.165, 1.54) is 29.2 Å². The number of ether oxygens (including phenoxy) is 1. The standard InChI is InChI=1S/C25H33FN4O6S/c1-16-13-30(17(2)15-31)24(32)12-18-11-21(28-37(4,34)35)9-10-22(18)36-23(16)14-29(3)25(33)27-20-7-5-19(26)6-8-20/h5-11,16-17,23,28,31H,12-15H2,1-4H3,(H,27,33)/t16-,17-,23+/m1/s1. The van der Waals surface area contributed by atoms with Gasteiger partial charge in [-0.05, 0) is 49.4 Å². The fourth-order valence-corrected chi connectivity index (χ4v) is 4.59. The number of carbonyl (C=O) groups is 2. The molecule has 37 heavy (non-hydrogen) atoms. The minimum Gasteiger partial charge on any atom is -0.488 e. The van der Waals surface area contributed by atoms with Crippen LogP contribution >= 0.6 is 0 Å². The average Bonchev–Trinajstić information content (AvgIpc) is 2.87. The van der Waals surface area contributed by atoms with Crippen molar-refractivity contribution < 1.29 is 32.2 Å². The first kappa shape index (κ1) is 28.2. The molecule has 12 heteroatoms. The lowest BCUT2D eigenvalue weighted by atomic mass is 10.0. The van der Waals surface area contributed by atoms with E-state index < -0.39 is 34.0 Å². The molecule has 0 radical (unpaired) electrons. The summed E-state index contributed by atoms with van der Waals surface area (Å²) >= 11 is 0. The summed E-state index contributed by atoms with van der Waals surface area (Å²) in [5.41, 5.74) is 1.21. The number of benzene rings is 2. The zero-order valence-corrected chi connectivity index (χ0v) is 22.1. The van der Waals surface area contributed by atoms with Crippen LogP contribution in [0.15, 0.2) is 42.5 Å². The molecule has 2 aromatic carbocycles. The molecule has 2 aromatic rings. The van der Waals surface area contributed by atoms with E-state index in [1.807, 2.05) is 6.92 Å². The first-order chi connectivity index (χ1) is 17.4. The molecule has 10 nitrogen and oxygen atoms in total. The molecule has 0 fully saturated rings. The normalized spacial score (nSPS) is 19.0. The van der Waals surface area contributed by atoms with Gasteiger partial charge in [0.2, 0.25) is 15.9 Å². The van der Waals surface area contributed by atoms with E-state index in [0.717, 1.165) is 6.26 Å². The Kier molecular flexibility index (Phi) is 8.98. The number of likely N-dealkylation sites (N-methyl/N-ethyl adjacent to an activating group) is 1. The zero-order valence-electron chi connectivity index (χ0n) is 21.3. The molecule has 3 atom stereocenters. The highest BCUT2D eigenvalue weighted by Crippen LogP contribution is 2.29. The van der Waals surface area contributed by atoms with E-state index >= 15 is 0 Å². The van der Waals surface area contributed by atoms with Gasteiger partial charge in [0.05, 0.1) is 31.9 Å². The number of halogens is 1. The maximum Gasteiger partial charge on any atom is 0.321 e. The summed E-state index contributed by atoms with van der Waals surface area (Å²) in [6, 6.07) is 9.22. The summed E-state index contributed by atoms with van der Waals surface area (Å²) in [4.78, 5) is 29.0. The summed E-state index contributed by atoms with van der Waals surface area (Å²) in [5, 5.41) is 12.5. The molecule has 0 unspecified atom stereocenters. The van der Waals surface area contributed by atoms with Crippen LogP contribution in [-0.4, -0.2) is 80.4 Å². The van der Waals surface area contributed by atoms with Crippen LogP contribution in [0, 0.1) is 11.7 Å². The van der Waals surface area contributed by atoms with E-state index in [2.05, 4.69) is 10.0 Å². The van der Waals surface area contributed by atoms with Gasteiger partial charge in [-0.2, -0.15) is 0 Å². The highest BCUT2D eigenvalue weighted by molar-refractivity contribution is 7.92. The van der Waals surface area contributed by atoms with Crippen LogP contribution < -0.4 is 14.8 Å². The van der Waals surface area contributed by atoms with Crippen molar-refractivity contribution in [3.05, 3.63) is 53.8 Å². The van der Waals surface area contributed by atoms with Crippen LogP contribution in [-0.2, 0) is 21.2 Å². The molecule has 0 aromatic heterocycles. The molecule has 3 N–H and O–H groups in total. The second-order valence-corrected chi connectivity index (χ2v) is 11.2. The molecule has 1 aliphatic heterocycles. The van der Waals surface area contributed by atoms with Gasteiger partial charge in [-0.25, -0.2) is 17.6 Å². The Bertz CT molecular complexity index is 1220. The summed E-state index contributed by atoms with van der Waals surface area (Å²) in [6.07, 6.45) is 0.431. The lowest BCUT2D eigenvalue weighted by Gasteiger charge is -2.34. The van der Waals surface area contributed by atoms with Crippen molar-refractivity contribution in [1.29, 1.82) is 0 Å². The number of nitrogens with one attached hydrogen (secondary N) is 2. The molecule has 1 aliphatic rings. The summed E-state index contributed by atoms with van der Waals surface area (Å²) < 4.78 is 45.3. The smallest absolute Gasteiger partial charge is 0.321 e. The lowest BCUT2D eigenvalue weighted by Crippen LogP contribution is -2.48. The van der Waals surface area contributed by atoms with Crippen molar-refractivity contribution in [2.24, 2.45) is 5.92 Å². The number of sulfonamides is 1. The van der Waals surface area contributed by atoms with Gasteiger partial charge in [-0.1, -0.05) is 6.92 Å². The van der Waals surface area contributed by atoms with Gasteiger partial charge >= 0.3 is 6.03 Å². The number of aliphatic hydroxyl groups excluding tert-OH is 1. The topological polar surface area (TPSA) is 128 Å². The number of nitrogens with zero attached hydrogens (tertiary/aromatic N) is 2. The molecular formula is C25H33FN4O6S. The van der Waals surface area contributed by atoms with Crippen molar-refractivity contribution in [2.45, 2.75) is 32.4 Å². The number of amides is 3. The van der Waals surface area contributed by atoms with Crippen molar-refractivity contribution in [3.8, 4) is 5.75 Å². The largest absolute Gasteiger partial charge is 0.488 e. The first-order valence-corrected chi connectivity index (χ1v) is 13.7. The fourth-order valence-electron chi connectivity index (χ4n) is 4.03. The van der Waals surface area contributed by atoms with Gasteiger partial charge in [0.1, 0.15) is 17.7 Å². The molecule has 0 saturated heterocycles. The second-order valence-electron chi connectivity index (χ2n) is 9.40. The predicted octanol–water partition coefficient (Wildman–Crippen LogP) is 2.51. The Morgan fingerprint density at radius 2 is 1.89 bits per heavy atom. The van der Waals surface area contributed by atoms with Gasteiger partial charge in [0.15, 0.2) is 0 Å². The number of anilines is 2. The third-order valence-electron chi connectivity index (χ3n) is 6.12. The van der Waals surface area contributed by atoms with Gasteiger partial charge in [-0.3, -0.25) is 9.52 Å². The number of carbonyl (C=O) groups excluding carboxylic acids is 2. The minimum absolute atomic E-state index is 0.0563. The Morgan fingerprint density at radius 1 is 1.24 bits per heavy atom. The Morgan fingerprint density at radius 3 is 2.51 bits per heavy atom. The van der Waals surface area contributed by atoms with E-state index in [4.69, 9.17) is 4.74 Å². The summed E-state index contributed by atoms with van der Waals surface area (Å²) in [6.45, 7) is 3.84. The van der Waals surface area contributed by atoms with Crippen molar-refractivity contribution in [3.63, 3.8) is 0 Å². The molecular weight excluding hydrogens is 503 g/mol. The van der Waals surface area contributed by atoms with Crippen LogP contribution in [0.25, 0.3) is 0 Å². The number of aliphatic hydroxyl groups is 1.